The van der Waals surface area contributed by atoms with Crippen LogP contribution in [-0.4, -0.2) is 53.1 Å². The second kappa shape index (κ2) is 10.4. The molecule has 0 aromatic carbocycles. The Morgan fingerprint density at radius 3 is 2.22 bits per heavy atom. The first kappa shape index (κ1) is 29.1. The first-order chi connectivity index (χ1) is 19.1. The number of ether oxygens (including phenoxy) is 1. The van der Waals surface area contributed by atoms with Crippen LogP contribution in [0.3, 0.4) is 0 Å². The molecule has 4 atom stereocenters. The van der Waals surface area contributed by atoms with Crippen molar-refractivity contribution in [2.75, 3.05) is 7.11 Å². The van der Waals surface area contributed by atoms with E-state index in [0.717, 1.165) is 46.5 Å². The third-order valence-corrected chi connectivity index (χ3v) is 9.19. The van der Waals surface area contributed by atoms with Gasteiger partial charge in [-0.2, -0.15) is 5.70 Å². The Kier molecular flexibility index (Phi) is 7.40. The average molecular weight is 561 g/mol. The molecule has 0 radical (unpaired) electrons. The van der Waals surface area contributed by atoms with E-state index in [-0.39, 0.29) is 46.7 Å². The van der Waals surface area contributed by atoms with E-state index in [1.165, 1.54) is 7.11 Å². The molecule has 0 saturated carbocycles. The predicted molar refractivity (Wildman–Crippen MR) is 158 cm³/mol. The fraction of sp³-hybridized carbons (Fsp3) is 0.375. The molecule has 2 aliphatic heterocycles. The number of aromatic nitrogens is 3. The van der Waals surface area contributed by atoms with E-state index in [0.29, 0.717) is 43.7 Å². The van der Waals surface area contributed by atoms with E-state index >= 15 is 0 Å². The standard InChI is InChI=1S/C32H32N4O4.Mg/c1-8-18-15(4)23-9-20-13(2)14(3)21(33-20)11-25-19(12-37)16(5)22(34-25)10-24-17(6)26-30(36-24)27(29(18)35-23)28(31(26)38)32(39)40-7;/h9-12,15,18,28-29H,8H2,1-7H3,(H,37,38);/q-4;+2/b23-9-,25-11-;/t15-,18-,28+,29?;/m0./s1. The number of esters is 1. The van der Waals surface area contributed by atoms with Crippen LogP contribution in [0, 0.1) is 45.4 Å². The molecule has 3 aliphatic rings. The summed E-state index contributed by atoms with van der Waals surface area (Å²) in [6, 6.07) is -0.390. The van der Waals surface area contributed by atoms with E-state index in [1.807, 2.05) is 45.9 Å². The zero-order chi connectivity index (χ0) is 28.6. The summed E-state index contributed by atoms with van der Waals surface area (Å²) in [5, 5.41) is 17.6. The number of hydrogen-bond acceptors (Lipinski definition) is 4. The number of hydrogen-bond donors (Lipinski definition) is 1. The Morgan fingerprint density at radius 1 is 0.951 bits per heavy atom. The molecule has 1 unspecified atom stereocenters. The monoisotopic (exact) mass is 560 g/mol. The van der Waals surface area contributed by atoms with E-state index in [1.54, 1.807) is 0 Å². The molecule has 8 nitrogen and oxygen atoms in total. The van der Waals surface area contributed by atoms with Gasteiger partial charge in [-0.1, -0.05) is 72.4 Å². The van der Waals surface area contributed by atoms with Crippen LogP contribution in [0.25, 0.3) is 35.4 Å². The largest absolute Gasteiger partial charge is 2.00 e. The number of carbonyl (C=O) groups is 2. The summed E-state index contributed by atoms with van der Waals surface area (Å²) in [4.78, 5) is 41.6. The maximum absolute atomic E-state index is 13.8. The van der Waals surface area contributed by atoms with Crippen LogP contribution in [0.5, 0.6) is 0 Å². The fourth-order valence-electron chi connectivity index (χ4n) is 6.59. The third kappa shape index (κ3) is 4.15. The number of aliphatic hydroxyl groups is 1. The smallest absolute Gasteiger partial charge is 0.681 e. The number of allylic oxidation sites excluding steroid dienone is 1. The normalized spacial score (nSPS) is 25.9. The van der Waals surface area contributed by atoms with Gasteiger partial charge in [-0.05, 0) is 44.7 Å². The maximum atomic E-state index is 13.8. The number of rotatable bonds is 2. The molecule has 0 spiro atoms. The Bertz CT molecular complexity index is 1890. The molecule has 6 rings (SSSR count). The van der Waals surface area contributed by atoms with Crippen LogP contribution in [0.2, 0.25) is 0 Å². The van der Waals surface area contributed by atoms with Gasteiger partial charge in [-0.25, -0.2) is 0 Å². The van der Waals surface area contributed by atoms with Crippen LogP contribution >= 0.6 is 0 Å². The van der Waals surface area contributed by atoms with E-state index in [9.17, 15) is 14.7 Å². The molecular weight excluding hydrogens is 529 g/mol. The number of methoxy groups -OCH3 is 1. The average Bonchev–Trinajstić information content (AvgIpc) is 3.66. The molecule has 1 saturated heterocycles. The second-order valence-corrected chi connectivity index (χ2v) is 11.1. The molecular formula is C32H32MgN4O4-2. The van der Waals surface area contributed by atoms with Crippen molar-refractivity contribution in [1.29, 1.82) is 0 Å². The Labute approximate surface area is 254 Å². The summed E-state index contributed by atoms with van der Waals surface area (Å²) in [6.07, 6.45) is 7.66. The van der Waals surface area contributed by atoms with Gasteiger partial charge in [0, 0.05) is 5.56 Å². The van der Waals surface area contributed by atoms with Crippen molar-refractivity contribution in [2.24, 2.45) is 17.8 Å². The number of ketones is 1. The van der Waals surface area contributed by atoms with Crippen molar-refractivity contribution in [3.8, 4) is 0 Å². The molecule has 8 bridgehead atoms. The molecule has 1 aliphatic carbocycles. The fourth-order valence-corrected chi connectivity index (χ4v) is 6.59. The number of aliphatic hydroxyl groups excluding tert-OH is 1. The van der Waals surface area contributed by atoms with Crippen molar-refractivity contribution in [2.45, 2.75) is 54.0 Å². The van der Waals surface area contributed by atoms with Crippen LogP contribution < -0.4 is 36.2 Å². The minimum absolute atomic E-state index is 0. The molecule has 41 heavy (non-hydrogen) atoms. The topological polar surface area (TPSA) is 120 Å². The van der Waals surface area contributed by atoms with Crippen LogP contribution in [0.15, 0.2) is 5.70 Å². The molecule has 0 amide bonds. The molecule has 3 aromatic rings. The summed E-state index contributed by atoms with van der Waals surface area (Å²) in [5.74, 6) is -1.78. The van der Waals surface area contributed by atoms with Gasteiger partial charge in [0.25, 0.3) is 0 Å². The number of nitrogens with zero attached hydrogens (tertiary/aromatic N) is 4. The van der Waals surface area contributed by atoms with Gasteiger partial charge >= 0.3 is 29.0 Å². The quantitative estimate of drug-likeness (QED) is 0.285. The van der Waals surface area contributed by atoms with Gasteiger partial charge < -0.3 is 30.1 Å². The number of carbonyl (C=O) groups excluding carboxylic acids is 2. The Hall–Kier alpha value is -3.43. The number of fused-ring (bicyclic) bond motifs is 8. The van der Waals surface area contributed by atoms with Crippen molar-refractivity contribution < 1.29 is 19.4 Å². The first-order valence-electron chi connectivity index (χ1n) is 13.7. The molecule has 5 heterocycles. The Morgan fingerprint density at radius 2 is 1.59 bits per heavy atom. The summed E-state index contributed by atoms with van der Waals surface area (Å²) in [7, 11) is 1.31. The van der Waals surface area contributed by atoms with Gasteiger partial charge in [0.1, 0.15) is 5.92 Å². The van der Waals surface area contributed by atoms with Gasteiger partial charge in [0.15, 0.2) is 5.78 Å². The van der Waals surface area contributed by atoms with Gasteiger partial charge in [0.05, 0.1) is 13.4 Å². The number of Topliss-reactive ketones (excluding diaryl/α,β-unsaturated/α-hetero) is 1. The zero-order valence-corrected chi connectivity index (χ0v) is 25.9. The first-order valence-corrected chi connectivity index (χ1v) is 13.7. The third-order valence-electron chi connectivity index (χ3n) is 9.19. The summed E-state index contributed by atoms with van der Waals surface area (Å²) < 4.78 is 5.12. The van der Waals surface area contributed by atoms with Crippen molar-refractivity contribution in [1.82, 2.24) is 15.0 Å². The molecule has 9 heteroatoms. The van der Waals surface area contributed by atoms with Crippen molar-refractivity contribution in [3.63, 3.8) is 0 Å². The minimum atomic E-state index is -1.06. The van der Waals surface area contributed by atoms with Crippen molar-refractivity contribution in [3.05, 3.63) is 77.2 Å². The summed E-state index contributed by atoms with van der Waals surface area (Å²) in [5.41, 5.74) is 7.78. The van der Waals surface area contributed by atoms with Gasteiger partial charge in [-0.3, -0.25) is 9.59 Å². The SMILES string of the molecule is CC[C@@H]1C2[N-]/C(=C\c3[n-]c(c(C)c3C)/C=c3\[n-]c(c(C)\c3=C\O)/C=c3\[n-]c4c(c3C)C(=O)[C@H](C(=O)OC)C=42)[C@H]1C.[Mg+2]. The second-order valence-electron chi connectivity index (χ2n) is 11.1. The molecule has 208 valence electrons. The predicted octanol–water partition coefficient (Wildman–Crippen LogP) is 1.27. The summed E-state index contributed by atoms with van der Waals surface area (Å²) >= 11 is 0. The molecule has 3 aromatic heterocycles. The van der Waals surface area contributed by atoms with E-state index in [4.69, 9.17) is 25.0 Å². The minimum Gasteiger partial charge on any atom is -0.681 e. The van der Waals surface area contributed by atoms with E-state index in [2.05, 4.69) is 13.8 Å². The van der Waals surface area contributed by atoms with Gasteiger partial charge in [0.2, 0.25) is 0 Å². The van der Waals surface area contributed by atoms with Crippen LogP contribution in [-0.2, 0) is 9.53 Å². The maximum Gasteiger partial charge on any atom is 2.00 e. The van der Waals surface area contributed by atoms with Crippen LogP contribution in [0.4, 0.5) is 0 Å². The van der Waals surface area contributed by atoms with Gasteiger partial charge in [-0.15, -0.1) is 33.1 Å². The zero-order valence-electron chi connectivity index (χ0n) is 24.5. The molecule has 1 fully saturated rings. The van der Waals surface area contributed by atoms with E-state index < -0.39 is 11.9 Å². The van der Waals surface area contributed by atoms with Crippen molar-refractivity contribution >= 4 is 64.9 Å². The Balaban J connectivity index is 0.00000337. The molecule has 1 N–H and O–H groups in total. The van der Waals surface area contributed by atoms with Crippen LogP contribution in [0.1, 0.15) is 70.0 Å². The summed E-state index contributed by atoms with van der Waals surface area (Å²) in [6.45, 7) is 12.1.